The minimum absolute atomic E-state index is 0.378. The fourth-order valence-corrected chi connectivity index (χ4v) is 2.14. The molecular weight excluding hydrogens is 314 g/mol. The molecule has 0 aliphatic carbocycles. The second kappa shape index (κ2) is 7.46. The van der Waals surface area contributed by atoms with Crippen LogP contribution in [0.5, 0.6) is 11.5 Å². The lowest BCUT2D eigenvalue weighted by molar-refractivity contribution is 0.100. The van der Waals surface area contributed by atoms with Crippen molar-refractivity contribution in [1.29, 1.82) is 0 Å². The van der Waals surface area contributed by atoms with Gasteiger partial charge in [0, 0.05) is 17.3 Å². The Bertz CT molecular complexity index is 717. The van der Waals surface area contributed by atoms with Crippen molar-refractivity contribution in [1.82, 2.24) is 0 Å². The van der Waals surface area contributed by atoms with Gasteiger partial charge in [-0.2, -0.15) is 0 Å². The number of benzene rings is 2. The standard InChI is InChI=1S/C16H17N3O3S/c1-21-12-7-8-14(22-2)13(9-12)19-16(23)18-11-5-3-10(4-6-11)15(17)20/h3-9H,1-2H3,(H2,17,20)(H2,18,19,23). The van der Waals surface area contributed by atoms with E-state index < -0.39 is 5.91 Å². The van der Waals surface area contributed by atoms with Gasteiger partial charge in [-0.25, -0.2) is 0 Å². The topological polar surface area (TPSA) is 85.6 Å². The van der Waals surface area contributed by atoms with Crippen LogP contribution < -0.4 is 25.8 Å². The molecule has 2 aromatic carbocycles. The predicted molar refractivity (Wildman–Crippen MR) is 94.3 cm³/mol. The number of carbonyl (C=O) groups is 1. The molecule has 0 saturated heterocycles. The first kappa shape index (κ1) is 16.6. The monoisotopic (exact) mass is 331 g/mol. The Hall–Kier alpha value is -2.80. The van der Waals surface area contributed by atoms with E-state index in [9.17, 15) is 4.79 Å². The molecule has 0 aromatic heterocycles. The summed E-state index contributed by atoms with van der Waals surface area (Å²) in [6.07, 6.45) is 0. The van der Waals surface area contributed by atoms with Gasteiger partial charge in [0.05, 0.1) is 19.9 Å². The van der Waals surface area contributed by atoms with Gasteiger partial charge in [0.1, 0.15) is 11.5 Å². The van der Waals surface area contributed by atoms with Crippen molar-refractivity contribution in [3.63, 3.8) is 0 Å². The minimum Gasteiger partial charge on any atom is -0.497 e. The zero-order valence-electron chi connectivity index (χ0n) is 12.8. The molecule has 23 heavy (non-hydrogen) atoms. The van der Waals surface area contributed by atoms with Crippen molar-refractivity contribution in [2.24, 2.45) is 5.73 Å². The Balaban J connectivity index is 2.08. The first-order valence-electron chi connectivity index (χ1n) is 6.73. The number of hydrogen-bond acceptors (Lipinski definition) is 4. The highest BCUT2D eigenvalue weighted by Gasteiger charge is 2.07. The lowest BCUT2D eigenvalue weighted by atomic mass is 10.2. The smallest absolute Gasteiger partial charge is 0.248 e. The zero-order chi connectivity index (χ0) is 16.8. The van der Waals surface area contributed by atoms with E-state index in [4.69, 9.17) is 27.4 Å². The molecule has 0 radical (unpaired) electrons. The largest absolute Gasteiger partial charge is 0.497 e. The number of ether oxygens (including phenoxy) is 2. The van der Waals surface area contributed by atoms with Crippen LogP contribution in [0.25, 0.3) is 0 Å². The highest BCUT2D eigenvalue weighted by atomic mass is 32.1. The summed E-state index contributed by atoms with van der Waals surface area (Å²) in [4.78, 5) is 11.0. The molecule has 6 nitrogen and oxygen atoms in total. The number of thiocarbonyl (C=S) groups is 1. The van der Waals surface area contributed by atoms with Gasteiger partial charge in [0.15, 0.2) is 5.11 Å². The number of anilines is 2. The summed E-state index contributed by atoms with van der Waals surface area (Å²) in [5, 5.41) is 6.44. The molecular formula is C16H17N3O3S. The molecule has 2 rings (SSSR count). The Morgan fingerprint density at radius 2 is 1.74 bits per heavy atom. The molecule has 2 aromatic rings. The van der Waals surface area contributed by atoms with E-state index in [0.717, 1.165) is 5.69 Å². The van der Waals surface area contributed by atoms with Crippen molar-refractivity contribution in [2.45, 2.75) is 0 Å². The molecule has 0 atom stereocenters. The molecule has 0 heterocycles. The third-order valence-corrected chi connectivity index (χ3v) is 3.29. The van der Waals surface area contributed by atoms with Gasteiger partial charge in [0.25, 0.3) is 0 Å². The van der Waals surface area contributed by atoms with Crippen molar-refractivity contribution in [2.75, 3.05) is 24.9 Å². The SMILES string of the molecule is COc1ccc(OC)c(NC(=S)Nc2ccc(C(N)=O)cc2)c1. The molecule has 0 bridgehead atoms. The van der Waals surface area contributed by atoms with Crippen LogP contribution in [0, 0.1) is 0 Å². The maximum absolute atomic E-state index is 11.0. The highest BCUT2D eigenvalue weighted by Crippen LogP contribution is 2.29. The molecule has 7 heteroatoms. The van der Waals surface area contributed by atoms with Crippen molar-refractivity contribution in [3.05, 3.63) is 48.0 Å². The van der Waals surface area contributed by atoms with Gasteiger partial charge in [0.2, 0.25) is 5.91 Å². The minimum atomic E-state index is -0.474. The molecule has 0 spiro atoms. The van der Waals surface area contributed by atoms with Crippen molar-refractivity contribution < 1.29 is 14.3 Å². The normalized spacial score (nSPS) is 9.83. The number of nitrogens with one attached hydrogen (secondary N) is 2. The molecule has 120 valence electrons. The number of methoxy groups -OCH3 is 2. The maximum Gasteiger partial charge on any atom is 0.248 e. The van der Waals surface area contributed by atoms with Gasteiger partial charge in [-0.3, -0.25) is 4.79 Å². The molecule has 4 N–H and O–H groups in total. The number of nitrogens with two attached hydrogens (primary N) is 1. The number of primary amides is 1. The van der Waals surface area contributed by atoms with E-state index in [1.807, 2.05) is 0 Å². The van der Waals surface area contributed by atoms with Gasteiger partial charge in [-0.15, -0.1) is 0 Å². The summed E-state index contributed by atoms with van der Waals surface area (Å²) in [5.41, 5.74) is 7.05. The summed E-state index contributed by atoms with van der Waals surface area (Å²) in [6.45, 7) is 0. The van der Waals surface area contributed by atoms with E-state index in [1.54, 1.807) is 56.7 Å². The van der Waals surface area contributed by atoms with Gasteiger partial charge < -0.3 is 25.8 Å². The Morgan fingerprint density at radius 3 is 2.30 bits per heavy atom. The van der Waals surface area contributed by atoms with Crippen molar-refractivity contribution >= 4 is 34.6 Å². The van der Waals surface area contributed by atoms with Crippen LogP contribution in [0.15, 0.2) is 42.5 Å². The number of carbonyl (C=O) groups excluding carboxylic acids is 1. The molecule has 0 aliphatic heterocycles. The van der Waals surface area contributed by atoms with Crippen LogP contribution >= 0.6 is 12.2 Å². The molecule has 0 fully saturated rings. The summed E-state index contributed by atoms with van der Waals surface area (Å²) in [7, 11) is 3.16. The average molecular weight is 331 g/mol. The Morgan fingerprint density at radius 1 is 1.04 bits per heavy atom. The fraction of sp³-hybridized carbons (Fsp3) is 0.125. The lowest BCUT2D eigenvalue weighted by Gasteiger charge is -2.14. The van der Waals surface area contributed by atoms with E-state index in [-0.39, 0.29) is 0 Å². The Labute approximate surface area is 139 Å². The van der Waals surface area contributed by atoms with Crippen LogP contribution in [0.2, 0.25) is 0 Å². The number of rotatable bonds is 5. The van der Waals surface area contributed by atoms with Crippen LogP contribution in [0.4, 0.5) is 11.4 Å². The summed E-state index contributed by atoms with van der Waals surface area (Å²) in [5.74, 6) is 0.847. The molecule has 0 saturated carbocycles. The van der Waals surface area contributed by atoms with Gasteiger partial charge in [-0.1, -0.05) is 0 Å². The number of hydrogen-bond donors (Lipinski definition) is 3. The second-order valence-corrected chi connectivity index (χ2v) is 5.00. The van der Waals surface area contributed by atoms with Crippen molar-refractivity contribution in [3.8, 4) is 11.5 Å². The van der Waals surface area contributed by atoms with Crippen LogP contribution in [-0.2, 0) is 0 Å². The summed E-state index contributed by atoms with van der Waals surface area (Å²) >= 11 is 5.28. The molecule has 0 aliphatic rings. The van der Waals surface area contributed by atoms with Gasteiger partial charge >= 0.3 is 0 Å². The summed E-state index contributed by atoms with van der Waals surface area (Å²) in [6, 6.07) is 12.0. The Kier molecular flexibility index (Phi) is 5.37. The highest BCUT2D eigenvalue weighted by molar-refractivity contribution is 7.80. The van der Waals surface area contributed by atoms with Crippen LogP contribution in [-0.4, -0.2) is 25.2 Å². The second-order valence-electron chi connectivity index (χ2n) is 4.59. The number of amides is 1. The summed E-state index contributed by atoms with van der Waals surface area (Å²) < 4.78 is 10.5. The van der Waals surface area contributed by atoms with E-state index >= 15 is 0 Å². The fourth-order valence-electron chi connectivity index (χ4n) is 1.91. The quantitative estimate of drug-likeness (QED) is 0.730. The predicted octanol–water partition coefficient (Wildman–Crippen LogP) is 2.61. The lowest BCUT2D eigenvalue weighted by Crippen LogP contribution is -2.19. The van der Waals surface area contributed by atoms with E-state index in [1.165, 1.54) is 0 Å². The van der Waals surface area contributed by atoms with E-state index in [2.05, 4.69) is 10.6 Å². The van der Waals surface area contributed by atoms with Crippen LogP contribution in [0.1, 0.15) is 10.4 Å². The first-order chi connectivity index (χ1) is 11.0. The van der Waals surface area contributed by atoms with Crippen LogP contribution in [0.3, 0.4) is 0 Å². The van der Waals surface area contributed by atoms with E-state index in [0.29, 0.717) is 27.9 Å². The zero-order valence-corrected chi connectivity index (χ0v) is 13.6. The third-order valence-electron chi connectivity index (χ3n) is 3.08. The average Bonchev–Trinajstić information content (AvgIpc) is 2.55. The molecule has 1 amide bonds. The first-order valence-corrected chi connectivity index (χ1v) is 7.14. The third kappa shape index (κ3) is 4.33. The maximum atomic E-state index is 11.0. The molecule has 0 unspecified atom stereocenters. The van der Waals surface area contributed by atoms with Gasteiger partial charge in [-0.05, 0) is 48.6 Å².